The predicted octanol–water partition coefficient (Wildman–Crippen LogP) is 4.19. The van der Waals surface area contributed by atoms with E-state index >= 15 is 0 Å². The molecule has 0 spiro atoms. The molecule has 0 heterocycles. The summed E-state index contributed by atoms with van der Waals surface area (Å²) in [6, 6.07) is 12.0. The number of nitrogens with one attached hydrogen (secondary N) is 2. The fourth-order valence-electron chi connectivity index (χ4n) is 3.29. The summed E-state index contributed by atoms with van der Waals surface area (Å²) < 4.78 is 11.6. The van der Waals surface area contributed by atoms with E-state index in [2.05, 4.69) is 49.8 Å². The van der Waals surface area contributed by atoms with Crippen LogP contribution in [0, 0.1) is 0 Å². The maximum atomic E-state index is 10.0. The largest absolute Gasteiger partial charge is 0.502 e. The zero-order chi connectivity index (χ0) is 20.1. The number of aromatic hydroxyl groups is 1. The highest BCUT2D eigenvalue weighted by Gasteiger charge is 2.45. The molecule has 2 aromatic carbocycles. The van der Waals surface area contributed by atoms with Crippen LogP contribution in [0.1, 0.15) is 24.0 Å². The number of ether oxygens (including phenoxy) is 2. The van der Waals surface area contributed by atoms with Gasteiger partial charge >= 0.3 is 0 Å². The molecule has 1 aliphatic carbocycles. The second-order valence-electron chi connectivity index (χ2n) is 6.89. The number of hydrogen-bond donors (Lipinski definition) is 3. The molecule has 0 saturated heterocycles. The van der Waals surface area contributed by atoms with Crippen molar-refractivity contribution in [3.8, 4) is 17.2 Å². The van der Waals surface area contributed by atoms with Crippen molar-refractivity contribution in [1.29, 1.82) is 0 Å². The van der Waals surface area contributed by atoms with Crippen molar-refractivity contribution >= 4 is 45.9 Å². The maximum Gasteiger partial charge on any atom is 0.200 e. The van der Waals surface area contributed by atoms with Gasteiger partial charge in [0.1, 0.15) is 0 Å². The maximum absolute atomic E-state index is 10.0. The van der Waals surface area contributed by atoms with Crippen LogP contribution in [0.3, 0.4) is 0 Å². The third-order valence-electron chi connectivity index (χ3n) is 5.12. The normalized spacial score (nSPS) is 14.6. The van der Waals surface area contributed by atoms with Crippen LogP contribution >= 0.6 is 39.9 Å². The molecule has 8 heteroatoms. The highest BCUT2D eigenvalue weighted by molar-refractivity contribution is 14.0. The Morgan fingerprint density at radius 2 is 1.76 bits per heavy atom. The molecule has 3 N–H and O–H groups in total. The van der Waals surface area contributed by atoms with Crippen molar-refractivity contribution in [1.82, 2.24) is 10.6 Å². The third kappa shape index (κ3) is 5.48. The van der Waals surface area contributed by atoms with Gasteiger partial charge in [0.15, 0.2) is 17.5 Å². The van der Waals surface area contributed by atoms with E-state index in [1.165, 1.54) is 19.8 Å². The van der Waals surface area contributed by atoms with Crippen LogP contribution in [0.4, 0.5) is 0 Å². The number of halogens is 2. The molecule has 0 aliphatic heterocycles. The Kier molecular flexibility index (Phi) is 8.45. The Labute approximate surface area is 197 Å². The van der Waals surface area contributed by atoms with E-state index in [0.717, 1.165) is 35.4 Å². The Hall–Kier alpha value is -1.68. The van der Waals surface area contributed by atoms with E-state index in [1.807, 2.05) is 6.07 Å². The van der Waals surface area contributed by atoms with Crippen LogP contribution in [0.15, 0.2) is 45.9 Å². The number of aliphatic imine (C=N–C) groups is 1. The van der Waals surface area contributed by atoms with Crippen molar-refractivity contribution in [3.63, 3.8) is 0 Å². The van der Waals surface area contributed by atoms with Crippen LogP contribution < -0.4 is 20.1 Å². The number of phenols is 1. The first kappa shape index (κ1) is 23.6. The molecule has 0 amide bonds. The van der Waals surface area contributed by atoms with Crippen LogP contribution in [-0.4, -0.2) is 38.9 Å². The van der Waals surface area contributed by atoms with Crippen LogP contribution in [-0.2, 0) is 12.0 Å². The molecule has 29 heavy (non-hydrogen) atoms. The lowest BCUT2D eigenvalue weighted by Crippen LogP contribution is -2.41. The molecular formula is C21H27BrIN3O3. The molecule has 0 bridgehead atoms. The van der Waals surface area contributed by atoms with Crippen molar-refractivity contribution in [2.24, 2.45) is 4.99 Å². The van der Waals surface area contributed by atoms with E-state index in [1.54, 1.807) is 19.2 Å². The van der Waals surface area contributed by atoms with Gasteiger partial charge in [0.2, 0.25) is 5.75 Å². The van der Waals surface area contributed by atoms with Gasteiger partial charge in [-0.25, -0.2) is 0 Å². The minimum atomic E-state index is 0. The summed E-state index contributed by atoms with van der Waals surface area (Å²) in [5.74, 6) is 1.49. The predicted molar refractivity (Wildman–Crippen MR) is 130 cm³/mol. The first-order valence-corrected chi connectivity index (χ1v) is 9.95. The van der Waals surface area contributed by atoms with Gasteiger partial charge in [-0.2, -0.15) is 0 Å². The van der Waals surface area contributed by atoms with Crippen molar-refractivity contribution in [3.05, 3.63) is 52.0 Å². The second-order valence-corrected chi connectivity index (χ2v) is 7.74. The molecule has 0 radical (unpaired) electrons. The van der Waals surface area contributed by atoms with Crippen molar-refractivity contribution in [2.75, 3.05) is 27.8 Å². The Balaban J connectivity index is 0.00000300. The summed E-state index contributed by atoms with van der Waals surface area (Å²) >= 11 is 3.67. The smallest absolute Gasteiger partial charge is 0.200 e. The van der Waals surface area contributed by atoms with Crippen LogP contribution in [0.5, 0.6) is 17.2 Å². The van der Waals surface area contributed by atoms with Gasteiger partial charge in [-0.05, 0) is 42.2 Å². The fourth-order valence-corrected chi connectivity index (χ4v) is 4.00. The number of guanidine groups is 1. The molecular weight excluding hydrogens is 549 g/mol. The lowest BCUT2D eigenvalue weighted by Gasteiger charge is -2.20. The second kappa shape index (κ2) is 10.4. The van der Waals surface area contributed by atoms with E-state index in [0.29, 0.717) is 18.0 Å². The number of hydrogen-bond acceptors (Lipinski definition) is 4. The number of nitrogens with zero attached hydrogens (tertiary/aromatic N) is 1. The zero-order valence-corrected chi connectivity index (χ0v) is 20.7. The topological polar surface area (TPSA) is 75.1 Å². The molecule has 0 atom stereocenters. The highest BCUT2D eigenvalue weighted by Crippen LogP contribution is 2.49. The van der Waals surface area contributed by atoms with Gasteiger partial charge in [0, 0.05) is 30.0 Å². The minimum absolute atomic E-state index is 0. The molecule has 0 aromatic heterocycles. The molecule has 3 rings (SSSR count). The summed E-state index contributed by atoms with van der Waals surface area (Å²) in [4.78, 5) is 4.32. The van der Waals surface area contributed by atoms with E-state index in [9.17, 15) is 5.11 Å². The fraction of sp³-hybridized carbons (Fsp3) is 0.381. The molecule has 1 aliphatic rings. The van der Waals surface area contributed by atoms with Gasteiger partial charge in [0.25, 0.3) is 0 Å². The standard InChI is InChI=1S/C21H26BrN3O3.HI/c1-23-20(24-12-14-10-17(27-2)19(26)18(11-14)28-3)25-13-21(8-9-21)15-6-4-5-7-16(15)22;/h4-7,10-11,26H,8-9,12-13H2,1-3H3,(H2,23,24,25);1H. The number of rotatable bonds is 7. The number of benzene rings is 2. The molecule has 1 saturated carbocycles. The first-order valence-electron chi connectivity index (χ1n) is 9.16. The Morgan fingerprint density at radius 3 is 2.28 bits per heavy atom. The quantitative estimate of drug-likeness (QED) is 0.262. The average molecular weight is 576 g/mol. The monoisotopic (exact) mass is 575 g/mol. The van der Waals surface area contributed by atoms with Crippen molar-refractivity contribution < 1.29 is 14.6 Å². The van der Waals surface area contributed by atoms with Gasteiger partial charge in [-0.1, -0.05) is 34.1 Å². The summed E-state index contributed by atoms with van der Waals surface area (Å²) in [7, 11) is 4.79. The van der Waals surface area contributed by atoms with Gasteiger partial charge < -0.3 is 25.2 Å². The lowest BCUT2D eigenvalue weighted by atomic mass is 9.96. The van der Waals surface area contributed by atoms with Gasteiger partial charge in [-0.15, -0.1) is 24.0 Å². The van der Waals surface area contributed by atoms with Gasteiger partial charge in [0.05, 0.1) is 14.2 Å². The minimum Gasteiger partial charge on any atom is -0.502 e. The van der Waals surface area contributed by atoms with Crippen molar-refractivity contribution in [2.45, 2.75) is 24.8 Å². The molecule has 1 fully saturated rings. The SMILES string of the molecule is CN=C(NCc1cc(OC)c(O)c(OC)c1)NCC1(c2ccccc2Br)CC1.I. The zero-order valence-electron chi connectivity index (χ0n) is 16.8. The van der Waals surface area contributed by atoms with E-state index in [-0.39, 0.29) is 35.1 Å². The van der Waals surface area contributed by atoms with Gasteiger partial charge in [-0.3, -0.25) is 4.99 Å². The Bertz CT molecular complexity index is 847. The summed E-state index contributed by atoms with van der Waals surface area (Å²) in [6.45, 7) is 1.34. The summed E-state index contributed by atoms with van der Waals surface area (Å²) in [5, 5.41) is 16.8. The third-order valence-corrected chi connectivity index (χ3v) is 5.81. The first-order chi connectivity index (χ1) is 13.5. The number of phenolic OH excluding ortho intramolecular Hbond substituents is 1. The average Bonchev–Trinajstić information content (AvgIpc) is 3.50. The summed E-state index contributed by atoms with van der Waals surface area (Å²) in [5.41, 5.74) is 2.41. The van der Waals surface area contributed by atoms with Crippen LogP contribution in [0.2, 0.25) is 0 Å². The molecule has 2 aromatic rings. The highest BCUT2D eigenvalue weighted by atomic mass is 127. The summed E-state index contributed by atoms with van der Waals surface area (Å²) in [6.07, 6.45) is 2.32. The lowest BCUT2D eigenvalue weighted by molar-refractivity contribution is 0.339. The van der Waals surface area contributed by atoms with E-state index < -0.39 is 0 Å². The molecule has 0 unspecified atom stereocenters. The molecule has 6 nitrogen and oxygen atoms in total. The van der Waals surface area contributed by atoms with Crippen LogP contribution in [0.25, 0.3) is 0 Å². The van der Waals surface area contributed by atoms with E-state index in [4.69, 9.17) is 9.47 Å². The molecule has 158 valence electrons. The number of methoxy groups -OCH3 is 2. The Morgan fingerprint density at radius 1 is 1.14 bits per heavy atom.